The Morgan fingerprint density at radius 2 is 1.35 bits per heavy atom. The van der Waals surface area contributed by atoms with Crippen molar-refractivity contribution >= 4 is 75.5 Å². The molecule has 0 spiro atoms. The van der Waals surface area contributed by atoms with E-state index in [0.29, 0.717) is 5.69 Å². The van der Waals surface area contributed by atoms with Crippen LogP contribution in [0, 0.1) is 28.4 Å². The molecule has 2 aromatic carbocycles. The largest absolute Gasteiger partial charge is 0.481 e. The van der Waals surface area contributed by atoms with Crippen molar-refractivity contribution in [3.63, 3.8) is 0 Å². The molecule has 6 atom stereocenters. The smallest absolute Gasteiger partial charge is 0.326 e. The van der Waals surface area contributed by atoms with Crippen molar-refractivity contribution in [2.75, 3.05) is 26.2 Å². The average molecular weight is 1140 g/mol. The van der Waals surface area contributed by atoms with E-state index in [1.807, 2.05) is 30.3 Å². The van der Waals surface area contributed by atoms with Crippen molar-refractivity contribution in [3.8, 4) is 11.1 Å². The van der Waals surface area contributed by atoms with Gasteiger partial charge in [-0.05, 0) is 66.3 Å². The summed E-state index contributed by atoms with van der Waals surface area (Å²) in [5, 5.41) is 53.3. The maximum Gasteiger partial charge on any atom is 0.326 e. The number of aromatic nitrogens is 1. The van der Waals surface area contributed by atoms with E-state index >= 15 is 4.39 Å². The number of benzene rings is 2. The molecule has 3 rings (SSSR count). The van der Waals surface area contributed by atoms with Crippen LogP contribution < -0.4 is 31.9 Å². The summed E-state index contributed by atoms with van der Waals surface area (Å²) in [7, 11) is 0. The van der Waals surface area contributed by atoms with E-state index in [-0.39, 0.29) is 43.5 Å². The predicted molar refractivity (Wildman–Crippen MR) is 289 cm³/mol. The number of nitrogens with one attached hydrogen (secondary N) is 6. The summed E-state index contributed by atoms with van der Waals surface area (Å²) in [4.78, 5) is 131. The van der Waals surface area contributed by atoms with Crippen molar-refractivity contribution < 1.29 is 77.2 Å². The van der Waals surface area contributed by atoms with Crippen LogP contribution in [-0.4, -0.2) is 156 Å². The molecule has 0 saturated heterocycles. The second-order valence-corrected chi connectivity index (χ2v) is 23.5. The van der Waals surface area contributed by atoms with Crippen LogP contribution in [0.3, 0.4) is 0 Å². The molecule has 2 radical (unpaired) electrons. The molecule has 0 aliphatic carbocycles. The van der Waals surface area contributed by atoms with Crippen LogP contribution in [0.1, 0.15) is 118 Å². The van der Waals surface area contributed by atoms with Gasteiger partial charge in [-0.3, -0.25) is 43.2 Å². The zero-order valence-corrected chi connectivity index (χ0v) is 47.8. The van der Waals surface area contributed by atoms with Crippen LogP contribution in [0.2, 0.25) is 4.28 Å². The van der Waals surface area contributed by atoms with Crippen LogP contribution in [0.5, 0.6) is 0 Å². The van der Waals surface area contributed by atoms with Gasteiger partial charge in [0.15, 0.2) is 0 Å². The van der Waals surface area contributed by atoms with Crippen molar-refractivity contribution in [1.29, 1.82) is 0 Å². The Kier molecular flexibility index (Phi) is 25.0. The molecule has 0 aliphatic heterocycles. The number of hydrogen-bond acceptors (Lipinski definition) is 11. The van der Waals surface area contributed by atoms with E-state index in [4.69, 9.17) is 5.11 Å². The molecule has 436 valence electrons. The van der Waals surface area contributed by atoms with E-state index < -0.39 is 161 Å². The molecule has 0 aliphatic rings. The number of carbonyl (C=O) groups excluding carboxylic acids is 7. The summed E-state index contributed by atoms with van der Waals surface area (Å²) >= 11 is 2.53. The first-order valence-electron chi connectivity index (χ1n) is 26.0. The van der Waals surface area contributed by atoms with E-state index in [9.17, 15) is 67.7 Å². The highest BCUT2D eigenvalue weighted by Gasteiger charge is 2.41. The molecule has 1 aromatic heterocycles. The number of rotatable bonds is 31. The number of aliphatic hydroxyl groups excluding tert-OH is 1. The standard InChI is InChI=1S/C55H75F2N8O14.Al/c1-31(2)48(63-44(69)27-59-43(68)25-55(9,32(3)4)26-47(73)74)52(77)60-33(5)50(75)62-39(51(76)58-21-19-42(67)61-40(53(78)79)17-18-46(71)72)20-22-65(45(70)30-66)49(54(6,7)8)41-23-35(37-24-36(56)15-16-38(37)57)29-64(41)28-34-13-11-10-12-14-34;/h10-16,23-24,29,31,33,39-40,48-49,66H,17-22,25-28,30H2,1-9H3,(H,58,76)(H,59,68)(H,60,77)(H,61,67)(H,62,75)(H,63,69)(H,71,72)(H,73,74)(H,78,79);/t33-,39-,40+,48-,49-,55?;/m0./s1. The molecule has 25 heteroatoms. The summed E-state index contributed by atoms with van der Waals surface area (Å²) in [5.41, 5.74) is -0.500. The zero-order chi connectivity index (χ0) is 60.4. The average Bonchev–Trinajstić information content (AvgIpc) is 3.75. The Balaban J connectivity index is 1.97. The first-order chi connectivity index (χ1) is 37.2. The molecule has 0 bridgehead atoms. The Labute approximate surface area is 472 Å². The first kappa shape index (κ1) is 67.1. The molecule has 1 heterocycles. The first-order valence-corrected chi connectivity index (χ1v) is 26.5. The van der Waals surface area contributed by atoms with E-state index in [2.05, 4.69) is 48.2 Å². The summed E-state index contributed by atoms with van der Waals surface area (Å²) < 4.78 is 31.1. The van der Waals surface area contributed by atoms with Crippen molar-refractivity contribution in [2.24, 2.45) is 16.7 Å². The SMILES string of the molecule is CC(C)[C@H](NC(=O)CNC(=O)CC(C)(CC(=O)O)[C](C)(C)[Al])C(=O)N[C@@H](C)C(=O)N[C@@H](CCN(C(=O)CO)[C@@H](c1cc(-c2cc(F)ccc2F)cn1Cc1ccccc1)C(C)(C)C)C(=O)NCCC(=O)N[C@H](CCC(=O)O)C(=O)O. The maximum atomic E-state index is 15.4. The molecule has 3 aromatic rings. The minimum Gasteiger partial charge on any atom is -0.481 e. The van der Waals surface area contributed by atoms with Gasteiger partial charge in [0.25, 0.3) is 0 Å². The fourth-order valence-electron chi connectivity index (χ4n) is 8.72. The molecule has 1 unspecified atom stereocenters. The van der Waals surface area contributed by atoms with Gasteiger partial charge in [0.05, 0.1) is 19.0 Å². The lowest BCUT2D eigenvalue weighted by Crippen LogP contribution is -2.58. The Bertz CT molecular complexity index is 2710. The number of aliphatic carboxylic acids is 3. The number of amides is 7. The molecular weight excluding hydrogens is 1060 g/mol. The lowest BCUT2D eigenvalue weighted by Gasteiger charge is -2.42. The molecular formula is C55H75AlF2N8O14. The summed E-state index contributed by atoms with van der Waals surface area (Å²) in [6.07, 6.45) is -0.844. The highest BCUT2D eigenvalue weighted by molar-refractivity contribution is 6.15. The third kappa shape index (κ3) is 20.5. The van der Waals surface area contributed by atoms with Gasteiger partial charge >= 0.3 is 17.9 Å². The van der Waals surface area contributed by atoms with Gasteiger partial charge in [0, 0.05) is 61.9 Å². The number of halogens is 2. The quantitative estimate of drug-likeness (QED) is 0.0414. The van der Waals surface area contributed by atoms with Gasteiger partial charge in [-0.25, -0.2) is 13.6 Å². The second kappa shape index (κ2) is 29.8. The third-order valence-electron chi connectivity index (χ3n) is 13.6. The lowest BCUT2D eigenvalue weighted by atomic mass is 9.72. The summed E-state index contributed by atoms with van der Waals surface area (Å²) in [5.74, 6) is -11.7. The minimum absolute atomic E-state index is 0.0700. The van der Waals surface area contributed by atoms with Gasteiger partial charge in [0.1, 0.15) is 58.7 Å². The van der Waals surface area contributed by atoms with Gasteiger partial charge in [-0.15, -0.1) is 0 Å². The van der Waals surface area contributed by atoms with Crippen LogP contribution in [0.15, 0.2) is 60.8 Å². The van der Waals surface area contributed by atoms with Crippen LogP contribution in [-0.2, 0) is 54.5 Å². The van der Waals surface area contributed by atoms with Crippen molar-refractivity contribution in [2.45, 2.75) is 142 Å². The van der Waals surface area contributed by atoms with Gasteiger partial charge in [0.2, 0.25) is 41.4 Å². The summed E-state index contributed by atoms with van der Waals surface area (Å²) in [6, 6.07) is 6.94. The number of hydrogen-bond donors (Lipinski definition) is 10. The van der Waals surface area contributed by atoms with Crippen LogP contribution in [0.4, 0.5) is 8.78 Å². The maximum absolute atomic E-state index is 15.4. The number of carboxylic acids is 3. The fourth-order valence-corrected chi connectivity index (χ4v) is 8.93. The number of nitrogens with zero attached hydrogens (tertiary/aromatic N) is 2. The predicted octanol–water partition coefficient (Wildman–Crippen LogP) is 3.20. The molecule has 22 nitrogen and oxygen atoms in total. The molecule has 0 fully saturated rings. The Hall–Kier alpha value is -7.23. The van der Waals surface area contributed by atoms with E-state index in [1.54, 1.807) is 72.2 Å². The lowest BCUT2D eigenvalue weighted by molar-refractivity contribution is -0.143. The van der Waals surface area contributed by atoms with Crippen LogP contribution in [0.25, 0.3) is 11.1 Å². The van der Waals surface area contributed by atoms with Gasteiger partial charge < -0.3 is 61.8 Å². The van der Waals surface area contributed by atoms with Gasteiger partial charge in [-0.1, -0.05) is 90.0 Å². The Morgan fingerprint density at radius 1 is 0.700 bits per heavy atom. The topological polar surface area (TPSA) is 332 Å². The van der Waals surface area contributed by atoms with Crippen molar-refractivity contribution in [1.82, 2.24) is 41.4 Å². The van der Waals surface area contributed by atoms with Crippen LogP contribution >= 0.6 is 0 Å². The number of aliphatic hydroxyl groups is 1. The van der Waals surface area contributed by atoms with E-state index in [1.165, 1.54) is 11.8 Å². The molecule has 7 amide bonds. The fraction of sp³-hybridized carbons (Fsp3) is 0.527. The van der Waals surface area contributed by atoms with E-state index in [0.717, 1.165) is 23.8 Å². The number of carboxylic acid groups (broad SMARTS) is 3. The highest BCUT2D eigenvalue weighted by Crippen LogP contribution is 2.48. The monoisotopic (exact) mass is 1140 g/mol. The Morgan fingerprint density at radius 3 is 1.91 bits per heavy atom. The zero-order valence-electron chi connectivity index (χ0n) is 46.6. The number of carbonyl (C=O) groups is 10. The third-order valence-corrected chi connectivity index (χ3v) is 14.3. The molecule has 0 saturated carbocycles. The second-order valence-electron chi connectivity index (χ2n) is 22.0. The van der Waals surface area contributed by atoms with Gasteiger partial charge in [-0.2, -0.15) is 0 Å². The highest BCUT2D eigenvalue weighted by atomic mass is 27.0. The minimum atomic E-state index is -1.56. The molecule has 10 N–H and O–H groups in total. The van der Waals surface area contributed by atoms with Crippen molar-refractivity contribution in [3.05, 3.63) is 83.7 Å². The normalized spacial score (nSPS) is 14.2. The molecule has 80 heavy (non-hydrogen) atoms. The summed E-state index contributed by atoms with van der Waals surface area (Å²) in [6.45, 7) is 12.8.